The number of rotatable bonds is 16. The van der Waals surface area contributed by atoms with Crippen molar-refractivity contribution in [1.29, 1.82) is 0 Å². The first kappa shape index (κ1) is 50.0. The minimum Gasteiger partial charge on any atom is -0.397 e. The van der Waals surface area contributed by atoms with E-state index >= 15 is 0 Å². The second kappa shape index (κ2) is 22.4. The van der Waals surface area contributed by atoms with Gasteiger partial charge in [0.2, 0.25) is 29.5 Å². The molecule has 0 radical (unpaired) electrons. The zero-order chi connectivity index (χ0) is 47.5. The molecule has 0 aliphatic carbocycles. The maximum atomic E-state index is 14.4. The number of likely N-dealkylation sites (tertiary alicyclic amines) is 1. The molecule has 3 aromatic rings. The summed E-state index contributed by atoms with van der Waals surface area (Å²) in [6, 6.07) is 25.4. The first-order valence-electron chi connectivity index (χ1n) is 24.1. The highest BCUT2D eigenvalue weighted by Gasteiger charge is 2.51. The lowest BCUT2D eigenvalue weighted by atomic mass is 9.94. The lowest BCUT2D eigenvalue weighted by Crippen LogP contribution is -2.68. The monoisotopic (exact) mass is 918 g/mol. The van der Waals surface area contributed by atoms with Gasteiger partial charge in [0.15, 0.2) is 5.78 Å². The molecule has 12 nitrogen and oxygen atoms in total. The summed E-state index contributed by atoms with van der Waals surface area (Å²) in [6.07, 6.45) is 9.58. The number of benzene rings is 3. The van der Waals surface area contributed by atoms with E-state index in [1.54, 1.807) is 37.8 Å². The highest BCUT2D eigenvalue weighted by molar-refractivity contribution is 6.99. The SMILES string of the molecule is CC[C@]1(C)NC(=O)[C@H](CCC/C=C/C(=O)[C@@H](C)O[Si](c2ccccc2)(c2ccccc2)C(C)(C)C)NC(=O)[C@H]2CCCN2C(=O)[C@H](Cc2ccc(CCC(=O)N3CCCCC3)cc2)NC1=O. The Kier molecular flexibility index (Phi) is 17.0. The van der Waals surface area contributed by atoms with Crippen molar-refractivity contribution in [2.75, 3.05) is 19.6 Å². The molecule has 0 aromatic heterocycles. The molecule has 6 rings (SSSR count). The van der Waals surface area contributed by atoms with Gasteiger partial charge in [-0.2, -0.15) is 0 Å². The van der Waals surface area contributed by atoms with Crippen LogP contribution in [0, 0.1) is 0 Å². The lowest BCUT2D eigenvalue weighted by Gasteiger charge is -2.44. The van der Waals surface area contributed by atoms with Crippen molar-refractivity contribution < 1.29 is 33.2 Å². The van der Waals surface area contributed by atoms with Crippen LogP contribution < -0.4 is 26.3 Å². The molecule has 354 valence electrons. The number of fused-ring (bicyclic) bond motifs is 1. The van der Waals surface area contributed by atoms with Crippen LogP contribution in [0.4, 0.5) is 0 Å². The maximum Gasteiger partial charge on any atom is 0.262 e. The first-order valence-corrected chi connectivity index (χ1v) is 26.1. The third-order valence-corrected chi connectivity index (χ3v) is 18.9. The standard InChI is InChI=1S/C53H71N5O7Si/c1-7-53(6)51(64)55-44(37-40-30-28-39(29-31-40)32-33-47(60)57-34-18-11-19-35-57)50(63)58-36-20-26-45(58)49(62)54-43(48(61)56-53)25-16-10-17-27-46(59)38(2)65-66(52(3,4)5,41-21-12-8-13-22-41)42-23-14-9-15-24-42/h8-9,12-15,17,21-24,27-31,38,43-45H,7,10-11,16,18-20,25-26,32-37H2,1-6H3,(H,54,62)(H,55,64)(H,56,61)/b27-17+/t38-,43+,44+,45-,53+/m1/s1. The van der Waals surface area contributed by atoms with E-state index in [0.717, 1.165) is 47.4 Å². The minimum atomic E-state index is -2.96. The molecule has 3 saturated heterocycles. The third kappa shape index (κ3) is 11.9. The summed E-state index contributed by atoms with van der Waals surface area (Å²) in [7, 11) is -2.96. The Morgan fingerprint density at radius 2 is 1.44 bits per heavy atom. The van der Waals surface area contributed by atoms with Crippen molar-refractivity contribution in [3.05, 3.63) is 108 Å². The number of aryl methyl sites for hydroxylation is 1. The number of unbranched alkanes of at least 4 members (excludes halogenated alkanes) is 1. The summed E-state index contributed by atoms with van der Waals surface area (Å²) in [5.74, 6) is -1.72. The van der Waals surface area contributed by atoms with Crippen molar-refractivity contribution >= 4 is 54.0 Å². The summed E-state index contributed by atoms with van der Waals surface area (Å²) in [5.41, 5.74) is 0.466. The highest BCUT2D eigenvalue weighted by Crippen LogP contribution is 2.37. The molecule has 3 heterocycles. The van der Waals surface area contributed by atoms with Crippen molar-refractivity contribution in [1.82, 2.24) is 25.8 Å². The second-order valence-electron chi connectivity index (χ2n) is 19.6. The predicted molar refractivity (Wildman–Crippen MR) is 260 cm³/mol. The van der Waals surface area contributed by atoms with Crippen LogP contribution in [-0.4, -0.2) is 103 Å². The molecule has 66 heavy (non-hydrogen) atoms. The van der Waals surface area contributed by atoms with Gasteiger partial charge in [-0.05, 0) is 111 Å². The van der Waals surface area contributed by atoms with E-state index in [1.807, 2.05) is 65.6 Å². The average molecular weight is 918 g/mol. The summed E-state index contributed by atoms with van der Waals surface area (Å²) in [4.78, 5) is 86.5. The number of carbonyl (C=O) groups is 6. The number of carbonyl (C=O) groups excluding carboxylic acids is 6. The van der Waals surface area contributed by atoms with Crippen molar-refractivity contribution in [2.24, 2.45) is 0 Å². The molecule has 3 aliphatic rings. The van der Waals surface area contributed by atoms with Gasteiger partial charge < -0.3 is 30.2 Å². The molecule has 13 heteroatoms. The van der Waals surface area contributed by atoms with Crippen LogP contribution in [0.25, 0.3) is 0 Å². The fourth-order valence-electron chi connectivity index (χ4n) is 9.64. The molecule has 0 saturated carbocycles. The number of nitrogens with zero attached hydrogens (tertiary/aromatic N) is 2. The van der Waals surface area contributed by atoms with Crippen LogP contribution in [0.2, 0.25) is 5.04 Å². The van der Waals surface area contributed by atoms with E-state index in [9.17, 15) is 28.8 Å². The van der Waals surface area contributed by atoms with Gasteiger partial charge in [0, 0.05) is 32.5 Å². The normalized spacial score (nSPS) is 22.7. The van der Waals surface area contributed by atoms with Gasteiger partial charge in [-0.3, -0.25) is 28.8 Å². The first-order chi connectivity index (χ1) is 31.6. The number of ketones is 1. The van der Waals surface area contributed by atoms with Crippen molar-refractivity contribution in [2.45, 2.75) is 153 Å². The minimum absolute atomic E-state index is 0.165. The highest BCUT2D eigenvalue weighted by atomic mass is 28.4. The van der Waals surface area contributed by atoms with Crippen LogP contribution in [0.15, 0.2) is 97.1 Å². The molecule has 3 fully saturated rings. The van der Waals surface area contributed by atoms with Gasteiger partial charge in [0.05, 0.1) is 0 Å². The van der Waals surface area contributed by atoms with E-state index in [0.29, 0.717) is 45.1 Å². The van der Waals surface area contributed by atoms with Gasteiger partial charge in [-0.1, -0.05) is 119 Å². The van der Waals surface area contributed by atoms with Crippen LogP contribution in [0.3, 0.4) is 0 Å². The van der Waals surface area contributed by atoms with E-state index in [4.69, 9.17) is 4.43 Å². The van der Waals surface area contributed by atoms with Gasteiger partial charge in [0.25, 0.3) is 8.32 Å². The van der Waals surface area contributed by atoms with Gasteiger partial charge in [-0.25, -0.2) is 0 Å². The molecule has 3 aliphatic heterocycles. The molecule has 0 spiro atoms. The molecule has 5 atom stereocenters. The Bertz CT molecular complexity index is 2150. The summed E-state index contributed by atoms with van der Waals surface area (Å²) in [6.45, 7) is 13.7. The fourth-order valence-corrected chi connectivity index (χ4v) is 14.3. The predicted octanol–water partition coefficient (Wildman–Crippen LogP) is 5.69. The van der Waals surface area contributed by atoms with Crippen LogP contribution >= 0.6 is 0 Å². The van der Waals surface area contributed by atoms with Gasteiger partial charge >= 0.3 is 0 Å². The Balaban J connectivity index is 1.10. The van der Waals surface area contributed by atoms with Gasteiger partial charge in [0.1, 0.15) is 29.8 Å². The van der Waals surface area contributed by atoms with E-state index in [1.165, 1.54) is 6.42 Å². The average Bonchev–Trinajstić information content (AvgIpc) is 3.82. The van der Waals surface area contributed by atoms with E-state index in [2.05, 4.69) is 61.0 Å². The smallest absolute Gasteiger partial charge is 0.262 e. The summed E-state index contributed by atoms with van der Waals surface area (Å²) in [5, 5.41) is 10.7. The molecule has 3 aromatic carbocycles. The summed E-state index contributed by atoms with van der Waals surface area (Å²) >= 11 is 0. The second-order valence-corrected chi connectivity index (χ2v) is 23.8. The molecular formula is C53H71N5O7Si. The van der Waals surface area contributed by atoms with Crippen LogP contribution in [0.1, 0.15) is 117 Å². The Hall–Kier alpha value is -5.40. The molecule has 5 amide bonds. The quantitative estimate of drug-likeness (QED) is 0.0948. The van der Waals surface area contributed by atoms with Crippen molar-refractivity contribution in [3.63, 3.8) is 0 Å². The summed E-state index contributed by atoms with van der Waals surface area (Å²) < 4.78 is 7.00. The zero-order valence-electron chi connectivity index (χ0n) is 39.9. The van der Waals surface area contributed by atoms with Gasteiger partial charge in [-0.15, -0.1) is 0 Å². The van der Waals surface area contributed by atoms with E-state index in [-0.39, 0.29) is 41.9 Å². The lowest BCUT2D eigenvalue weighted by molar-refractivity contribution is -0.144. The Morgan fingerprint density at radius 3 is 2.05 bits per heavy atom. The maximum absolute atomic E-state index is 14.4. The van der Waals surface area contributed by atoms with Crippen LogP contribution in [0.5, 0.6) is 0 Å². The number of nitrogens with one attached hydrogen (secondary N) is 3. The molecular weight excluding hydrogens is 847 g/mol. The number of hydrogen-bond donors (Lipinski definition) is 3. The fraction of sp³-hybridized carbons (Fsp3) is 0.509. The third-order valence-electron chi connectivity index (χ3n) is 13.8. The van der Waals surface area contributed by atoms with E-state index < -0.39 is 55.8 Å². The molecule has 3 N–H and O–H groups in total. The number of piperidine rings is 1. The van der Waals surface area contributed by atoms with Crippen LogP contribution in [-0.2, 0) is 46.0 Å². The van der Waals surface area contributed by atoms with Crippen molar-refractivity contribution in [3.8, 4) is 0 Å². The number of allylic oxidation sites excluding steroid dienone is 1. The number of amides is 5. The Morgan fingerprint density at radius 1 is 0.818 bits per heavy atom. The zero-order valence-corrected chi connectivity index (χ0v) is 40.9. The Labute approximate surface area is 392 Å². The topological polar surface area (TPSA) is 154 Å². The largest absolute Gasteiger partial charge is 0.397 e. The molecule has 0 unspecified atom stereocenters. The number of hydrogen-bond acceptors (Lipinski definition) is 7. The molecule has 0 bridgehead atoms.